The van der Waals surface area contributed by atoms with Gasteiger partial charge in [0.05, 0.1) is 7.11 Å². The molecule has 0 radical (unpaired) electrons. The number of benzene rings is 1. The van der Waals surface area contributed by atoms with E-state index in [4.69, 9.17) is 4.74 Å². The van der Waals surface area contributed by atoms with Crippen molar-refractivity contribution in [3.05, 3.63) is 35.4 Å². The minimum atomic E-state index is -0.608. The third-order valence-corrected chi connectivity index (χ3v) is 3.62. The zero-order chi connectivity index (χ0) is 15.7. The molecule has 0 aliphatic carbocycles. The van der Waals surface area contributed by atoms with E-state index in [1.165, 1.54) is 7.11 Å². The Morgan fingerprint density at radius 3 is 2.76 bits per heavy atom. The van der Waals surface area contributed by atoms with Crippen LogP contribution in [0.15, 0.2) is 24.3 Å². The summed E-state index contributed by atoms with van der Waals surface area (Å²) in [7, 11) is 3.18. The van der Waals surface area contributed by atoms with Gasteiger partial charge in [-0.2, -0.15) is 11.8 Å². The lowest BCUT2D eigenvalue weighted by Crippen LogP contribution is -2.42. The van der Waals surface area contributed by atoms with Crippen LogP contribution in [0.25, 0.3) is 0 Å². The highest BCUT2D eigenvalue weighted by Gasteiger charge is 2.21. The van der Waals surface area contributed by atoms with Crippen LogP contribution in [0.2, 0.25) is 0 Å². The van der Waals surface area contributed by atoms with E-state index in [9.17, 15) is 9.59 Å². The second-order valence-corrected chi connectivity index (χ2v) is 5.55. The number of hydrogen-bond acceptors (Lipinski definition) is 5. The predicted octanol–water partition coefficient (Wildman–Crippen LogP) is 1.43. The van der Waals surface area contributed by atoms with Crippen LogP contribution < -0.4 is 10.6 Å². The van der Waals surface area contributed by atoms with E-state index in [2.05, 4.69) is 10.6 Å². The number of carbonyl (C=O) groups excluding carboxylic acids is 2. The van der Waals surface area contributed by atoms with E-state index in [-0.39, 0.29) is 5.91 Å². The number of ether oxygens (including phenoxy) is 1. The Labute approximate surface area is 129 Å². The van der Waals surface area contributed by atoms with Crippen LogP contribution in [0.3, 0.4) is 0 Å². The van der Waals surface area contributed by atoms with Crippen LogP contribution >= 0.6 is 11.8 Å². The Hall–Kier alpha value is -1.53. The molecule has 0 aliphatic rings. The maximum atomic E-state index is 12.2. The molecule has 0 heterocycles. The normalized spacial score (nSPS) is 11.8. The fourth-order valence-electron chi connectivity index (χ4n) is 1.90. The smallest absolute Gasteiger partial charge is 0.328 e. The van der Waals surface area contributed by atoms with E-state index in [0.717, 1.165) is 11.3 Å². The molecule has 0 spiro atoms. The molecular formula is C15H22N2O3S. The average Bonchev–Trinajstić information content (AvgIpc) is 2.51. The van der Waals surface area contributed by atoms with Crippen molar-refractivity contribution in [3.63, 3.8) is 0 Å². The van der Waals surface area contributed by atoms with Crippen molar-refractivity contribution in [3.8, 4) is 0 Å². The summed E-state index contributed by atoms with van der Waals surface area (Å²) in [6.45, 7) is 0.689. The first-order valence-corrected chi connectivity index (χ1v) is 8.13. The van der Waals surface area contributed by atoms with E-state index in [0.29, 0.717) is 18.5 Å². The molecular weight excluding hydrogens is 288 g/mol. The first-order chi connectivity index (χ1) is 10.1. The average molecular weight is 310 g/mol. The molecule has 0 fully saturated rings. The number of amides is 1. The van der Waals surface area contributed by atoms with Crippen molar-refractivity contribution in [1.82, 2.24) is 10.6 Å². The van der Waals surface area contributed by atoms with Crippen LogP contribution in [-0.2, 0) is 16.1 Å². The SMILES string of the molecule is CNCc1cccc(C(=O)N[C@@H](CCSC)C(=O)OC)c1. The Kier molecular flexibility index (Phi) is 7.85. The summed E-state index contributed by atoms with van der Waals surface area (Å²) in [6.07, 6.45) is 2.51. The summed E-state index contributed by atoms with van der Waals surface area (Å²) < 4.78 is 4.74. The van der Waals surface area contributed by atoms with Crippen molar-refractivity contribution in [1.29, 1.82) is 0 Å². The lowest BCUT2D eigenvalue weighted by molar-refractivity contribution is -0.142. The van der Waals surface area contributed by atoms with Gasteiger partial charge in [-0.15, -0.1) is 0 Å². The molecule has 0 unspecified atom stereocenters. The predicted molar refractivity (Wildman–Crippen MR) is 85.5 cm³/mol. The number of nitrogens with one attached hydrogen (secondary N) is 2. The molecule has 0 aliphatic heterocycles. The third kappa shape index (κ3) is 5.77. The molecule has 2 N–H and O–H groups in total. The quantitative estimate of drug-likeness (QED) is 0.711. The van der Waals surface area contributed by atoms with Crippen molar-refractivity contribution in [2.24, 2.45) is 0 Å². The van der Waals surface area contributed by atoms with Gasteiger partial charge in [-0.1, -0.05) is 12.1 Å². The highest BCUT2D eigenvalue weighted by atomic mass is 32.2. The molecule has 21 heavy (non-hydrogen) atoms. The lowest BCUT2D eigenvalue weighted by atomic mass is 10.1. The van der Waals surface area contributed by atoms with Gasteiger partial charge in [-0.05, 0) is 43.2 Å². The zero-order valence-corrected chi connectivity index (χ0v) is 13.5. The summed E-state index contributed by atoms with van der Waals surface area (Å²) in [5, 5.41) is 5.78. The van der Waals surface area contributed by atoms with Crippen LogP contribution in [0.1, 0.15) is 22.3 Å². The Bertz CT molecular complexity index is 480. The maximum Gasteiger partial charge on any atom is 0.328 e. The molecule has 1 atom stereocenters. The molecule has 0 saturated carbocycles. The minimum absolute atomic E-state index is 0.260. The van der Waals surface area contributed by atoms with Crippen molar-refractivity contribution in [2.75, 3.05) is 26.2 Å². The molecule has 0 bridgehead atoms. The van der Waals surface area contributed by atoms with Crippen LogP contribution in [0, 0.1) is 0 Å². The maximum absolute atomic E-state index is 12.2. The van der Waals surface area contributed by atoms with Crippen LogP contribution in [0.5, 0.6) is 0 Å². The molecule has 0 saturated heterocycles. The zero-order valence-electron chi connectivity index (χ0n) is 12.6. The second-order valence-electron chi connectivity index (χ2n) is 4.56. The van der Waals surface area contributed by atoms with Gasteiger partial charge < -0.3 is 15.4 Å². The van der Waals surface area contributed by atoms with Gasteiger partial charge in [-0.25, -0.2) is 4.79 Å². The van der Waals surface area contributed by atoms with E-state index in [1.807, 2.05) is 31.5 Å². The molecule has 116 valence electrons. The number of carbonyl (C=O) groups is 2. The first-order valence-electron chi connectivity index (χ1n) is 6.73. The summed E-state index contributed by atoms with van der Waals surface area (Å²) in [5.41, 5.74) is 1.56. The van der Waals surface area contributed by atoms with E-state index >= 15 is 0 Å². The molecule has 1 rings (SSSR count). The molecule has 5 nitrogen and oxygen atoms in total. The Morgan fingerprint density at radius 2 is 2.14 bits per heavy atom. The summed E-state index contributed by atoms with van der Waals surface area (Å²) in [6, 6.07) is 6.71. The van der Waals surface area contributed by atoms with Gasteiger partial charge in [0.15, 0.2) is 0 Å². The molecule has 0 aromatic heterocycles. The minimum Gasteiger partial charge on any atom is -0.467 e. The van der Waals surface area contributed by atoms with Crippen LogP contribution in [0.4, 0.5) is 0 Å². The van der Waals surface area contributed by atoms with Gasteiger partial charge in [-0.3, -0.25) is 4.79 Å². The summed E-state index contributed by atoms with van der Waals surface area (Å²) in [5.74, 6) is 0.105. The molecule has 1 aromatic carbocycles. The molecule has 1 aromatic rings. The van der Waals surface area contributed by atoms with Crippen molar-refractivity contribution in [2.45, 2.75) is 19.0 Å². The van der Waals surface area contributed by atoms with Gasteiger partial charge in [0, 0.05) is 12.1 Å². The number of rotatable bonds is 8. The third-order valence-electron chi connectivity index (χ3n) is 2.97. The highest BCUT2D eigenvalue weighted by molar-refractivity contribution is 7.98. The lowest BCUT2D eigenvalue weighted by Gasteiger charge is -2.16. The number of hydrogen-bond donors (Lipinski definition) is 2. The highest BCUT2D eigenvalue weighted by Crippen LogP contribution is 2.08. The van der Waals surface area contributed by atoms with Crippen molar-refractivity contribution < 1.29 is 14.3 Å². The number of thioether (sulfide) groups is 1. The fraction of sp³-hybridized carbons (Fsp3) is 0.467. The molecule has 6 heteroatoms. The van der Waals surface area contributed by atoms with E-state index in [1.54, 1.807) is 17.8 Å². The van der Waals surface area contributed by atoms with Crippen molar-refractivity contribution >= 4 is 23.6 Å². The summed E-state index contributed by atoms with van der Waals surface area (Å²) >= 11 is 1.62. The number of esters is 1. The Balaban J connectivity index is 2.76. The second kappa shape index (κ2) is 9.41. The monoisotopic (exact) mass is 310 g/mol. The fourth-order valence-corrected chi connectivity index (χ4v) is 2.37. The molecule has 1 amide bonds. The topological polar surface area (TPSA) is 67.4 Å². The summed E-state index contributed by atoms with van der Waals surface area (Å²) in [4.78, 5) is 23.9. The van der Waals surface area contributed by atoms with E-state index < -0.39 is 12.0 Å². The Morgan fingerprint density at radius 1 is 1.38 bits per heavy atom. The standard InChI is InChI=1S/C15H22N2O3S/c1-16-10-11-5-4-6-12(9-11)14(18)17-13(7-8-21-3)15(19)20-2/h4-6,9,13,16H,7-8,10H2,1-3H3,(H,17,18)/t13-/m0/s1. The number of methoxy groups -OCH3 is 1. The largest absolute Gasteiger partial charge is 0.467 e. The first kappa shape index (κ1) is 17.5. The van der Waals surface area contributed by atoms with Gasteiger partial charge in [0.2, 0.25) is 0 Å². The van der Waals surface area contributed by atoms with Gasteiger partial charge in [0.1, 0.15) is 6.04 Å². The van der Waals surface area contributed by atoms with Gasteiger partial charge >= 0.3 is 5.97 Å². The van der Waals surface area contributed by atoms with Gasteiger partial charge in [0.25, 0.3) is 5.91 Å². The van der Waals surface area contributed by atoms with Crippen LogP contribution in [-0.4, -0.2) is 44.1 Å².